The average molecular weight is 320 g/mol. The van der Waals surface area contributed by atoms with Crippen LogP contribution >= 0.6 is 0 Å². The Balaban J connectivity index is 2.24. The number of halogens is 1. The molecule has 0 saturated heterocycles. The second kappa shape index (κ2) is 7.73. The van der Waals surface area contributed by atoms with E-state index in [4.69, 9.17) is 4.74 Å². The maximum absolute atomic E-state index is 14.2. The van der Waals surface area contributed by atoms with E-state index in [9.17, 15) is 9.18 Å². The molecule has 2 aromatic rings. The molecule has 1 heterocycles. The first-order chi connectivity index (χ1) is 11.0. The van der Waals surface area contributed by atoms with Gasteiger partial charge in [-0.1, -0.05) is 18.2 Å². The number of carbonyl (C=O) groups is 1. The molecule has 0 fully saturated rings. The van der Waals surface area contributed by atoms with Crippen LogP contribution in [0.15, 0.2) is 36.7 Å². The number of nitrogens with zero attached hydrogens (tertiary/aromatic N) is 2. The standard InChI is InChI=1S/C16H21FN4O2/c1-11(10-23-3)19-16(22)20-14(15-18-8-9-21(15)2)12-6-4-5-7-13(12)17/h4-9,11,14H,10H2,1-3H3,(H2,19,20,22)/t11-,14-/m1/s1. The second-order valence-electron chi connectivity index (χ2n) is 5.33. The summed E-state index contributed by atoms with van der Waals surface area (Å²) in [6, 6.07) is 5.06. The molecular formula is C16H21FN4O2. The molecule has 2 rings (SSSR count). The largest absolute Gasteiger partial charge is 0.383 e. The van der Waals surface area contributed by atoms with E-state index in [1.807, 2.05) is 6.92 Å². The highest BCUT2D eigenvalue weighted by atomic mass is 19.1. The summed E-state index contributed by atoms with van der Waals surface area (Å²) in [7, 11) is 3.36. The lowest BCUT2D eigenvalue weighted by Gasteiger charge is -2.21. The molecule has 1 aromatic heterocycles. The van der Waals surface area contributed by atoms with E-state index in [-0.39, 0.29) is 6.04 Å². The second-order valence-corrected chi connectivity index (χ2v) is 5.33. The van der Waals surface area contributed by atoms with Gasteiger partial charge < -0.3 is 19.9 Å². The fraction of sp³-hybridized carbons (Fsp3) is 0.375. The zero-order valence-corrected chi connectivity index (χ0v) is 13.4. The predicted octanol–water partition coefficient (Wildman–Crippen LogP) is 1.98. The number of nitrogens with one attached hydrogen (secondary N) is 2. The maximum Gasteiger partial charge on any atom is 0.315 e. The van der Waals surface area contributed by atoms with Crippen molar-refractivity contribution in [3.05, 3.63) is 53.9 Å². The van der Waals surface area contributed by atoms with Gasteiger partial charge in [0.1, 0.15) is 17.7 Å². The Morgan fingerprint density at radius 1 is 1.39 bits per heavy atom. The summed E-state index contributed by atoms with van der Waals surface area (Å²) in [5.41, 5.74) is 0.358. The molecule has 124 valence electrons. The van der Waals surface area contributed by atoms with Crippen LogP contribution in [-0.4, -0.2) is 35.3 Å². The summed E-state index contributed by atoms with van der Waals surface area (Å²) in [5.74, 6) is 0.149. The molecule has 0 bridgehead atoms. The van der Waals surface area contributed by atoms with Gasteiger partial charge in [0.05, 0.1) is 12.6 Å². The lowest BCUT2D eigenvalue weighted by molar-refractivity contribution is 0.170. The normalized spacial score (nSPS) is 13.4. The number of carbonyl (C=O) groups excluding carboxylic acids is 1. The maximum atomic E-state index is 14.2. The monoisotopic (exact) mass is 320 g/mol. The lowest BCUT2D eigenvalue weighted by atomic mass is 10.1. The van der Waals surface area contributed by atoms with Crippen LogP contribution in [0.25, 0.3) is 0 Å². The highest BCUT2D eigenvalue weighted by Crippen LogP contribution is 2.22. The van der Waals surface area contributed by atoms with Crippen molar-refractivity contribution in [2.24, 2.45) is 7.05 Å². The Morgan fingerprint density at radius 2 is 2.13 bits per heavy atom. The van der Waals surface area contributed by atoms with Crippen molar-refractivity contribution < 1.29 is 13.9 Å². The van der Waals surface area contributed by atoms with E-state index in [1.165, 1.54) is 6.07 Å². The Labute approximate surface area is 134 Å². The fourth-order valence-corrected chi connectivity index (χ4v) is 2.33. The summed E-state index contributed by atoms with van der Waals surface area (Å²) in [5, 5.41) is 5.53. The SMILES string of the molecule is COC[C@@H](C)NC(=O)N[C@H](c1ccccc1F)c1nccn1C. The number of hydrogen-bond donors (Lipinski definition) is 2. The molecule has 0 aliphatic carbocycles. The molecule has 0 aliphatic heterocycles. The number of methoxy groups -OCH3 is 1. The first-order valence-electron chi connectivity index (χ1n) is 7.30. The first-order valence-corrected chi connectivity index (χ1v) is 7.30. The van der Waals surface area contributed by atoms with E-state index < -0.39 is 17.9 Å². The minimum absolute atomic E-state index is 0.164. The van der Waals surface area contributed by atoms with Crippen molar-refractivity contribution in [2.45, 2.75) is 19.0 Å². The van der Waals surface area contributed by atoms with Crippen molar-refractivity contribution >= 4 is 6.03 Å². The van der Waals surface area contributed by atoms with Gasteiger partial charge in [0.2, 0.25) is 0 Å². The van der Waals surface area contributed by atoms with Gasteiger partial charge in [-0.05, 0) is 13.0 Å². The molecule has 0 spiro atoms. The summed E-state index contributed by atoms with van der Waals surface area (Å²) >= 11 is 0. The third kappa shape index (κ3) is 4.29. The van der Waals surface area contributed by atoms with Crippen LogP contribution in [0.3, 0.4) is 0 Å². The minimum atomic E-state index is -0.689. The Hall–Kier alpha value is -2.41. The van der Waals surface area contributed by atoms with Crippen molar-refractivity contribution in [1.82, 2.24) is 20.2 Å². The summed E-state index contributed by atoms with van der Waals surface area (Å²) < 4.78 is 20.9. The number of imidazole rings is 1. The third-order valence-electron chi connectivity index (χ3n) is 3.40. The third-order valence-corrected chi connectivity index (χ3v) is 3.40. The number of rotatable bonds is 6. The van der Waals surface area contributed by atoms with Crippen LogP contribution in [0.5, 0.6) is 0 Å². The number of amides is 2. The Bertz CT molecular complexity index is 659. The van der Waals surface area contributed by atoms with Crippen LogP contribution in [-0.2, 0) is 11.8 Å². The van der Waals surface area contributed by atoms with Gasteiger partial charge in [-0.25, -0.2) is 14.2 Å². The predicted molar refractivity (Wildman–Crippen MR) is 84.5 cm³/mol. The Morgan fingerprint density at radius 3 is 2.74 bits per heavy atom. The molecule has 0 radical (unpaired) electrons. The van der Waals surface area contributed by atoms with Crippen molar-refractivity contribution in [3.63, 3.8) is 0 Å². The average Bonchev–Trinajstić information content (AvgIpc) is 2.92. The summed E-state index contributed by atoms with van der Waals surface area (Å²) in [6.45, 7) is 2.21. The quantitative estimate of drug-likeness (QED) is 0.855. The molecule has 7 heteroatoms. The molecule has 6 nitrogen and oxygen atoms in total. The molecule has 0 saturated carbocycles. The molecule has 0 unspecified atom stereocenters. The zero-order chi connectivity index (χ0) is 16.8. The van der Waals surface area contributed by atoms with Crippen molar-refractivity contribution in [2.75, 3.05) is 13.7 Å². The Kier molecular flexibility index (Phi) is 5.70. The number of benzene rings is 1. The lowest BCUT2D eigenvalue weighted by Crippen LogP contribution is -2.44. The molecule has 0 aliphatic rings. The number of ether oxygens (including phenoxy) is 1. The summed E-state index contributed by atoms with van der Waals surface area (Å²) in [4.78, 5) is 16.4. The van der Waals surface area contributed by atoms with E-state index in [2.05, 4.69) is 15.6 Å². The van der Waals surface area contributed by atoms with Crippen LogP contribution in [0, 0.1) is 5.82 Å². The van der Waals surface area contributed by atoms with Crippen LogP contribution < -0.4 is 10.6 Å². The number of urea groups is 1. The summed E-state index contributed by atoms with van der Waals surface area (Å²) in [6.07, 6.45) is 3.35. The van der Waals surface area contributed by atoms with E-state index in [0.29, 0.717) is 18.0 Å². The molecular weight excluding hydrogens is 299 g/mol. The van der Waals surface area contributed by atoms with E-state index in [1.54, 1.807) is 49.3 Å². The number of aromatic nitrogens is 2. The zero-order valence-electron chi connectivity index (χ0n) is 13.4. The van der Waals surface area contributed by atoms with Crippen molar-refractivity contribution in [1.29, 1.82) is 0 Å². The van der Waals surface area contributed by atoms with Gasteiger partial charge >= 0.3 is 6.03 Å². The highest BCUT2D eigenvalue weighted by Gasteiger charge is 2.23. The number of aryl methyl sites for hydroxylation is 1. The van der Waals surface area contributed by atoms with Gasteiger partial charge in [-0.2, -0.15) is 0 Å². The first kappa shape index (κ1) is 17.0. The van der Waals surface area contributed by atoms with E-state index >= 15 is 0 Å². The molecule has 2 atom stereocenters. The van der Waals surface area contributed by atoms with Crippen LogP contribution in [0.4, 0.5) is 9.18 Å². The van der Waals surface area contributed by atoms with Gasteiger partial charge in [-0.15, -0.1) is 0 Å². The smallest absolute Gasteiger partial charge is 0.315 e. The molecule has 2 N–H and O–H groups in total. The number of hydrogen-bond acceptors (Lipinski definition) is 3. The fourth-order valence-electron chi connectivity index (χ4n) is 2.33. The van der Waals surface area contributed by atoms with Crippen LogP contribution in [0.2, 0.25) is 0 Å². The van der Waals surface area contributed by atoms with E-state index in [0.717, 1.165) is 0 Å². The molecule has 2 amide bonds. The van der Waals surface area contributed by atoms with Gasteiger partial charge in [-0.3, -0.25) is 0 Å². The minimum Gasteiger partial charge on any atom is -0.383 e. The molecule has 23 heavy (non-hydrogen) atoms. The molecule has 1 aromatic carbocycles. The van der Waals surface area contributed by atoms with Gasteiger partial charge in [0.25, 0.3) is 0 Å². The van der Waals surface area contributed by atoms with Gasteiger partial charge in [0.15, 0.2) is 0 Å². The van der Waals surface area contributed by atoms with Crippen molar-refractivity contribution in [3.8, 4) is 0 Å². The van der Waals surface area contributed by atoms with Gasteiger partial charge in [0, 0.05) is 32.1 Å². The van der Waals surface area contributed by atoms with Crippen LogP contribution in [0.1, 0.15) is 24.4 Å². The topological polar surface area (TPSA) is 68.2 Å². The highest BCUT2D eigenvalue weighted by molar-refractivity contribution is 5.75.